The van der Waals surface area contributed by atoms with E-state index in [0.29, 0.717) is 12.0 Å². The first-order chi connectivity index (χ1) is 10.0. The number of phenolic OH excluding ortho intramolecular Hbond substituents is 1. The number of nitrogens with two attached hydrogens (primary N) is 1. The van der Waals surface area contributed by atoms with Crippen LogP contribution < -0.4 is 10.5 Å². The topological polar surface area (TPSA) is 55.5 Å². The van der Waals surface area contributed by atoms with Crippen LogP contribution in [0.1, 0.15) is 26.3 Å². The van der Waals surface area contributed by atoms with Gasteiger partial charge in [0.05, 0.1) is 0 Å². The van der Waals surface area contributed by atoms with Gasteiger partial charge < -0.3 is 15.6 Å². The monoisotopic (exact) mass is 301 g/mol. The molecular formula is C15H18F3NO2. The number of halogens is 3. The summed E-state index contributed by atoms with van der Waals surface area (Å²) in [6.07, 6.45) is 0.424. The molecule has 21 heavy (non-hydrogen) atoms. The number of alkyl halides is 1. The van der Waals surface area contributed by atoms with Gasteiger partial charge in [0.2, 0.25) is 12.7 Å². The number of nitrogen functional groups attached to an aromatic ring is 1. The van der Waals surface area contributed by atoms with Gasteiger partial charge in [0, 0.05) is 16.5 Å². The molecule has 0 unspecified atom stereocenters. The Morgan fingerprint density at radius 3 is 2.33 bits per heavy atom. The van der Waals surface area contributed by atoms with Gasteiger partial charge >= 0.3 is 0 Å². The van der Waals surface area contributed by atoms with Crippen LogP contribution in [0.25, 0.3) is 10.8 Å². The van der Waals surface area contributed by atoms with Crippen molar-refractivity contribution in [1.82, 2.24) is 0 Å². The lowest BCUT2D eigenvalue weighted by Crippen LogP contribution is -2.01. The molecule has 3 nitrogen and oxygen atoms in total. The Kier molecular flexibility index (Phi) is 5.69. The largest absolute Gasteiger partial charge is 0.503 e. The van der Waals surface area contributed by atoms with Crippen LogP contribution in [0.5, 0.6) is 11.5 Å². The molecule has 3 N–H and O–H groups in total. The lowest BCUT2D eigenvalue weighted by atomic mass is 9.99. The van der Waals surface area contributed by atoms with Crippen LogP contribution in [0.4, 0.5) is 18.9 Å². The summed E-state index contributed by atoms with van der Waals surface area (Å²) in [6, 6.07) is 2.78. The SMILES string of the molecule is CC.CCc1cc(N)cc2c(F)c(O)c(F)c(OCF)c12. The zero-order valence-corrected chi connectivity index (χ0v) is 12.1. The number of hydrogen-bond donors (Lipinski definition) is 2. The normalized spacial score (nSPS) is 10.2. The minimum atomic E-state index is -1.32. The Balaban J connectivity index is 0.00000106. The van der Waals surface area contributed by atoms with Gasteiger partial charge in [-0.3, -0.25) is 0 Å². The smallest absolute Gasteiger partial charge is 0.228 e. The predicted octanol–water partition coefficient (Wildman–Crippen LogP) is 4.30. The van der Waals surface area contributed by atoms with Crippen molar-refractivity contribution in [1.29, 1.82) is 0 Å². The fourth-order valence-corrected chi connectivity index (χ4v) is 2.08. The number of rotatable bonds is 3. The van der Waals surface area contributed by atoms with E-state index in [2.05, 4.69) is 4.74 Å². The van der Waals surface area contributed by atoms with Gasteiger partial charge in [0.15, 0.2) is 17.3 Å². The van der Waals surface area contributed by atoms with Gasteiger partial charge in [-0.15, -0.1) is 0 Å². The fraction of sp³-hybridized carbons (Fsp3) is 0.333. The third-order valence-corrected chi connectivity index (χ3v) is 2.90. The van der Waals surface area contributed by atoms with Crippen LogP contribution in [-0.2, 0) is 6.42 Å². The summed E-state index contributed by atoms with van der Waals surface area (Å²) in [6.45, 7) is 4.47. The molecule has 0 amide bonds. The molecule has 0 aromatic heterocycles. The van der Waals surface area contributed by atoms with Gasteiger partial charge in [0.25, 0.3) is 0 Å². The van der Waals surface area contributed by atoms with Crippen molar-refractivity contribution < 1.29 is 23.0 Å². The maximum absolute atomic E-state index is 13.9. The quantitative estimate of drug-likeness (QED) is 0.831. The number of ether oxygens (including phenoxy) is 1. The number of aromatic hydroxyl groups is 1. The highest BCUT2D eigenvalue weighted by molar-refractivity contribution is 5.95. The summed E-state index contributed by atoms with van der Waals surface area (Å²) in [5.74, 6) is -4.17. The summed E-state index contributed by atoms with van der Waals surface area (Å²) < 4.78 is 44.6. The van der Waals surface area contributed by atoms with Crippen molar-refractivity contribution in [3.05, 3.63) is 29.3 Å². The molecule has 0 heterocycles. The Hall–Kier alpha value is -2.11. The third-order valence-electron chi connectivity index (χ3n) is 2.90. The first kappa shape index (κ1) is 16.9. The molecule has 0 saturated carbocycles. The van der Waals surface area contributed by atoms with E-state index in [1.165, 1.54) is 12.1 Å². The van der Waals surface area contributed by atoms with E-state index in [1.807, 2.05) is 13.8 Å². The van der Waals surface area contributed by atoms with Crippen LogP contribution in [0.15, 0.2) is 12.1 Å². The Morgan fingerprint density at radius 2 is 1.81 bits per heavy atom. The molecule has 0 aliphatic rings. The third kappa shape index (κ3) is 2.99. The van der Waals surface area contributed by atoms with E-state index < -0.39 is 30.0 Å². The van der Waals surface area contributed by atoms with Gasteiger partial charge in [-0.25, -0.2) is 8.78 Å². The number of benzene rings is 2. The molecule has 2 rings (SSSR count). The van der Waals surface area contributed by atoms with Gasteiger partial charge in [-0.1, -0.05) is 20.8 Å². The molecule has 0 aliphatic heterocycles. The Bertz CT molecular complexity index is 645. The predicted molar refractivity (Wildman–Crippen MR) is 77.3 cm³/mol. The van der Waals surface area contributed by atoms with Crippen molar-refractivity contribution in [3.63, 3.8) is 0 Å². The van der Waals surface area contributed by atoms with Gasteiger partial charge in [-0.05, 0) is 24.1 Å². The second kappa shape index (κ2) is 7.06. The first-order valence-corrected chi connectivity index (χ1v) is 6.62. The average Bonchev–Trinajstić information content (AvgIpc) is 2.50. The fourth-order valence-electron chi connectivity index (χ4n) is 2.08. The van der Waals surface area contributed by atoms with E-state index in [1.54, 1.807) is 6.92 Å². The summed E-state index contributed by atoms with van der Waals surface area (Å²) in [4.78, 5) is 0. The highest BCUT2D eigenvalue weighted by Gasteiger charge is 2.23. The molecule has 0 aliphatic carbocycles. The van der Waals surface area contributed by atoms with Crippen molar-refractivity contribution in [3.8, 4) is 11.5 Å². The summed E-state index contributed by atoms with van der Waals surface area (Å²) in [7, 11) is 0. The average molecular weight is 301 g/mol. The number of phenols is 1. The molecule has 2 aromatic rings. The van der Waals surface area contributed by atoms with E-state index >= 15 is 0 Å². The molecule has 0 spiro atoms. The molecule has 0 atom stereocenters. The second-order valence-corrected chi connectivity index (χ2v) is 4.02. The number of aryl methyl sites for hydroxylation is 1. The van der Waals surface area contributed by atoms with Crippen LogP contribution in [0.3, 0.4) is 0 Å². The van der Waals surface area contributed by atoms with E-state index in [0.717, 1.165) is 0 Å². The van der Waals surface area contributed by atoms with Crippen LogP contribution in [0.2, 0.25) is 0 Å². The van der Waals surface area contributed by atoms with Crippen molar-refractivity contribution in [2.75, 3.05) is 12.6 Å². The summed E-state index contributed by atoms with van der Waals surface area (Å²) in [5.41, 5.74) is 6.40. The molecular weight excluding hydrogens is 283 g/mol. The molecule has 0 saturated heterocycles. The van der Waals surface area contributed by atoms with Crippen molar-refractivity contribution in [2.24, 2.45) is 0 Å². The number of anilines is 1. The lowest BCUT2D eigenvalue weighted by molar-refractivity contribution is 0.184. The van der Waals surface area contributed by atoms with E-state index in [4.69, 9.17) is 5.73 Å². The Labute approximate surface area is 121 Å². The van der Waals surface area contributed by atoms with E-state index in [-0.39, 0.29) is 16.5 Å². The Morgan fingerprint density at radius 1 is 1.19 bits per heavy atom. The van der Waals surface area contributed by atoms with Crippen LogP contribution >= 0.6 is 0 Å². The molecule has 6 heteroatoms. The lowest BCUT2D eigenvalue weighted by Gasteiger charge is -2.14. The summed E-state index contributed by atoms with van der Waals surface area (Å²) >= 11 is 0. The maximum atomic E-state index is 13.9. The van der Waals surface area contributed by atoms with Crippen molar-refractivity contribution in [2.45, 2.75) is 27.2 Å². The van der Waals surface area contributed by atoms with Gasteiger partial charge in [-0.2, -0.15) is 4.39 Å². The van der Waals surface area contributed by atoms with Gasteiger partial charge in [0.1, 0.15) is 0 Å². The zero-order chi connectivity index (χ0) is 16.2. The number of fused-ring (bicyclic) bond motifs is 1. The molecule has 2 aromatic carbocycles. The van der Waals surface area contributed by atoms with Crippen molar-refractivity contribution >= 4 is 16.5 Å². The first-order valence-electron chi connectivity index (χ1n) is 6.62. The standard InChI is InChI=1S/C13H12F3NO2.C2H6/c1-2-6-3-7(17)4-8-9(6)13(19-5-14)11(16)12(18)10(8)15;1-2/h3-4,18H,2,5,17H2,1H3;1-2H3. The van der Waals surface area contributed by atoms with Crippen LogP contribution in [-0.4, -0.2) is 12.0 Å². The van der Waals surface area contributed by atoms with Crippen LogP contribution in [0, 0.1) is 11.6 Å². The minimum Gasteiger partial charge on any atom is -0.503 e. The molecule has 0 bridgehead atoms. The molecule has 0 radical (unpaired) electrons. The van der Waals surface area contributed by atoms with E-state index in [9.17, 15) is 18.3 Å². The maximum Gasteiger partial charge on any atom is 0.228 e. The second-order valence-electron chi connectivity index (χ2n) is 4.02. The number of hydrogen-bond acceptors (Lipinski definition) is 3. The highest BCUT2D eigenvalue weighted by atomic mass is 19.1. The molecule has 116 valence electrons. The minimum absolute atomic E-state index is 0.0853. The zero-order valence-electron chi connectivity index (χ0n) is 12.1. The molecule has 0 fully saturated rings. The summed E-state index contributed by atoms with van der Waals surface area (Å²) in [5, 5.41) is 9.36. The highest BCUT2D eigenvalue weighted by Crippen LogP contribution is 2.41.